The normalized spacial score (nSPS) is 23.8. The molecule has 2 aromatic rings. The van der Waals surface area contributed by atoms with Gasteiger partial charge in [0.15, 0.2) is 4.96 Å². The molecule has 0 aromatic carbocycles. The predicted molar refractivity (Wildman–Crippen MR) is 80.9 cm³/mol. The molecule has 19 heavy (non-hydrogen) atoms. The molecule has 1 atom stereocenters. The second kappa shape index (κ2) is 4.91. The van der Waals surface area contributed by atoms with E-state index in [9.17, 15) is 0 Å². The van der Waals surface area contributed by atoms with Crippen molar-refractivity contribution >= 4 is 16.3 Å². The number of nitrogens with one attached hydrogen (secondary N) is 1. The molecule has 1 saturated heterocycles. The molecule has 0 aliphatic carbocycles. The number of aromatic nitrogens is 2. The highest BCUT2D eigenvalue weighted by Gasteiger charge is 2.35. The van der Waals surface area contributed by atoms with Gasteiger partial charge in [0.25, 0.3) is 0 Å². The SMILES string of the molecule is Cc1nc2sccn2c1CC1(CC(C)C)CCCN1. The molecular formula is C15H23N3S. The molecule has 1 fully saturated rings. The number of fused-ring (bicyclic) bond motifs is 1. The zero-order valence-corrected chi connectivity index (χ0v) is 12.9. The summed E-state index contributed by atoms with van der Waals surface area (Å²) in [6.45, 7) is 7.96. The molecule has 1 aliphatic rings. The Kier molecular flexibility index (Phi) is 3.39. The lowest BCUT2D eigenvalue weighted by Gasteiger charge is -2.31. The quantitative estimate of drug-likeness (QED) is 0.928. The fraction of sp³-hybridized carbons (Fsp3) is 0.667. The van der Waals surface area contributed by atoms with Crippen LogP contribution in [-0.4, -0.2) is 21.5 Å². The summed E-state index contributed by atoms with van der Waals surface area (Å²) >= 11 is 1.72. The summed E-state index contributed by atoms with van der Waals surface area (Å²) in [7, 11) is 0. The van der Waals surface area contributed by atoms with E-state index in [4.69, 9.17) is 0 Å². The first kappa shape index (κ1) is 13.1. The second-order valence-electron chi connectivity index (χ2n) is 6.28. The zero-order chi connectivity index (χ0) is 13.5. The van der Waals surface area contributed by atoms with Crippen molar-refractivity contribution in [2.75, 3.05) is 6.54 Å². The van der Waals surface area contributed by atoms with Crippen molar-refractivity contribution in [3.8, 4) is 0 Å². The number of imidazole rings is 1. The number of thiazole rings is 1. The molecule has 0 radical (unpaired) electrons. The Morgan fingerprint density at radius 3 is 3.05 bits per heavy atom. The van der Waals surface area contributed by atoms with E-state index < -0.39 is 0 Å². The standard InChI is InChI=1S/C15H23N3S/c1-11(2)9-15(5-4-6-16-15)10-13-12(3)17-14-18(13)7-8-19-14/h7-8,11,16H,4-6,9-10H2,1-3H3. The fourth-order valence-electron chi connectivity index (χ4n) is 3.52. The van der Waals surface area contributed by atoms with Gasteiger partial charge in [-0.3, -0.25) is 4.40 Å². The van der Waals surface area contributed by atoms with E-state index in [2.05, 4.69) is 47.0 Å². The third-order valence-corrected chi connectivity index (χ3v) is 4.95. The van der Waals surface area contributed by atoms with Gasteiger partial charge in [-0.25, -0.2) is 4.98 Å². The smallest absolute Gasteiger partial charge is 0.194 e. The van der Waals surface area contributed by atoms with E-state index in [0.29, 0.717) is 0 Å². The summed E-state index contributed by atoms with van der Waals surface area (Å²) in [5.41, 5.74) is 2.88. The van der Waals surface area contributed by atoms with E-state index in [1.165, 1.54) is 30.7 Å². The molecule has 1 aliphatic heterocycles. The van der Waals surface area contributed by atoms with Crippen molar-refractivity contribution in [3.63, 3.8) is 0 Å². The highest BCUT2D eigenvalue weighted by molar-refractivity contribution is 7.15. The summed E-state index contributed by atoms with van der Waals surface area (Å²) in [6.07, 6.45) is 7.12. The topological polar surface area (TPSA) is 29.3 Å². The van der Waals surface area contributed by atoms with Crippen molar-refractivity contribution in [3.05, 3.63) is 23.0 Å². The van der Waals surface area contributed by atoms with Crippen molar-refractivity contribution < 1.29 is 0 Å². The third-order valence-electron chi connectivity index (χ3n) is 4.20. The van der Waals surface area contributed by atoms with E-state index >= 15 is 0 Å². The second-order valence-corrected chi connectivity index (χ2v) is 7.16. The van der Waals surface area contributed by atoms with E-state index in [0.717, 1.165) is 23.8 Å². The van der Waals surface area contributed by atoms with Gasteiger partial charge in [0, 0.05) is 29.2 Å². The highest BCUT2D eigenvalue weighted by atomic mass is 32.1. The number of hydrogen-bond donors (Lipinski definition) is 1. The minimum absolute atomic E-state index is 0.289. The molecule has 2 aromatic heterocycles. The average molecular weight is 277 g/mol. The lowest BCUT2D eigenvalue weighted by Crippen LogP contribution is -2.43. The van der Waals surface area contributed by atoms with Crippen molar-refractivity contribution in [1.29, 1.82) is 0 Å². The predicted octanol–water partition coefficient (Wildman–Crippen LogP) is 3.42. The molecule has 104 valence electrons. The summed E-state index contributed by atoms with van der Waals surface area (Å²) < 4.78 is 2.28. The third kappa shape index (κ3) is 2.43. The number of nitrogens with zero attached hydrogens (tertiary/aromatic N) is 2. The van der Waals surface area contributed by atoms with E-state index in [1.54, 1.807) is 11.3 Å². The zero-order valence-electron chi connectivity index (χ0n) is 12.1. The lowest BCUT2D eigenvalue weighted by atomic mass is 9.83. The molecule has 4 heteroatoms. The Morgan fingerprint density at radius 1 is 1.53 bits per heavy atom. The van der Waals surface area contributed by atoms with Gasteiger partial charge in [-0.2, -0.15) is 0 Å². The Balaban J connectivity index is 1.93. The molecule has 3 heterocycles. The molecular weight excluding hydrogens is 254 g/mol. The van der Waals surface area contributed by atoms with Crippen LogP contribution >= 0.6 is 11.3 Å². The summed E-state index contributed by atoms with van der Waals surface area (Å²) in [5, 5.41) is 5.91. The maximum absolute atomic E-state index is 4.68. The van der Waals surface area contributed by atoms with Gasteiger partial charge in [-0.1, -0.05) is 13.8 Å². The number of hydrogen-bond acceptors (Lipinski definition) is 3. The van der Waals surface area contributed by atoms with Crippen molar-refractivity contribution in [2.45, 2.75) is 52.0 Å². The van der Waals surface area contributed by atoms with Crippen LogP contribution in [0.15, 0.2) is 11.6 Å². The Hall–Kier alpha value is -0.870. The van der Waals surface area contributed by atoms with Crippen LogP contribution in [0.5, 0.6) is 0 Å². The first-order valence-electron chi connectivity index (χ1n) is 7.26. The minimum Gasteiger partial charge on any atom is -0.311 e. The maximum Gasteiger partial charge on any atom is 0.194 e. The fourth-order valence-corrected chi connectivity index (χ4v) is 4.30. The Bertz CT molecular complexity index is 561. The first-order chi connectivity index (χ1) is 9.10. The average Bonchev–Trinajstić information content (AvgIpc) is 2.99. The highest BCUT2D eigenvalue weighted by Crippen LogP contribution is 2.32. The molecule has 0 amide bonds. The summed E-state index contributed by atoms with van der Waals surface area (Å²) in [6, 6.07) is 0. The van der Waals surface area contributed by atoms with Gasteiger partial charge in [0.1, 0.15) is 0 Å². The van der Waals surface area contributed by atoms with Crippen molar-refractivity contribution in [2.24, 2.45) is 5.92 Å². The van der Waals surface area contributed by atoms with Gasteiger partial charge < -0.3 is 5.32 Å². The van der Waals surface area contributed by atoms with E-state index in [1.807, 2.05) is 0 Å². The Morgan fingerprint density at radius 2 is 2.37 bits per heavy atom. The van der Waals surface area contributed by atoms with Crippen LogP contribution < -0.4 is 5.32 Å². The number of aryl methyl sites for hydroxylation is 1. The van der Waals surface area contributed by atoms with Crippen LogP contribution in [0.1, 0.15) is 44.5 Å². The monoisotopic (exact) mass is 277 g/mol. The summed E-state index contributed by atoms with van der Waals surface area (Å²) in [5.74, 6) is 0.733. The molecule has 0 spiro atoms. The van der Waals surface area contributed by atoms with Crippen LogP contribution in [-0.2, 0) is 6.42 Å². The first-order valence-corrected chi connectivity index (χ1v) is 8.14. The molecule has 3 rings (SSSR count). The number of rotatable bonds is 4. The van der Waals surface area contributed by atoms with E-state index in [-0.39, 0.29) is 5.54 Å². The van der Waals surface area contributed by atoms with Gasteiger partial charge in [0.2, 0.25) is 0 Å². The lowest BCUT2D eigenvalue weighted by molar-refractivity contribution is 0.298. The van der Waals surface area contributed by atoms with Crippen molar-refractivity contribution in [1.82, 2.24) is 14.7 Å². The van der Waals surface area contributed by atoms with Crippen LogP contribution in [0.3, 0.4) is 0 Å². The summed E-state index contributed by atoms with van der Waals surface area (Å²) in [4.78, 5) is 5.81. The van der Waals surface area contributed by atoms with Gasteiger partial charge >= 0.3 is 0 Å². The molecule has 1 N–H and O–H groups in total. The molecule has 0 saturated carbocycles. The van der Waals surface area contributed by atoms with Crippen LogP contribution in [0.4, 0.5) is 0 Å². The maximum atomic E-state index is 4.68. The Labute approximate surface area is 119 Å². The van der Waals surface area contributed by atoms with Crippen LogP contribution in [0, 0.1) is 12.8 Å². The van der Waals surface area contributed by atoms with Crippen LogP contribution in [0.2, 0.25) is 0 Å². The minimum atomic E-state index is 0.289. The van der Waals surface area contributed by atoms with Gasteiger partial charge in [-0.05, 0) is 38.6 Å². The largest absolute Gasteiger partial charge is 0.311 e. The molecule has 0 bridgehead atoms. The van der Waals surface area contributed by atoms with Crippen LogP contribution in [0.25, 0.3) is 4.96 Å². The van der Waals surface area contributed by atoms with Gasteiger partial charge in [-0.15, -0.1) is 11.3 Å². The van der Waals surface area contributed by atoms with Gasteiger partial charge in [0.05, 0.1) is 5.69 Å². The molecule has 3 nitrogen and oxygen atoms in total. The molecule has 1 unspecified atom stereocenters.